The van der Waals surface area contributed by atoms with E-state index in [9.17, 15) is 14.4 Å². The van der Waals surface area contributed by atoms with Gasteiger partial charge in [-0.05, 0) is 77.9 Å². The Morgan fingerprint density at radius 3 is 2.09 bits per heavy atom. The van der Waals surface area contributed by atoms with Crippen molar-refractivity contribution in [3.63, 3.8) is 0 Å². The van der Waals surface area contributed by atoms with E-state index in [-0.39, 0.29) is 17.4 Å². The summed E-state index contributed by atoms with van der Waals surface area (Å²) < 4.78 is 11.2. The van der Waals surface area contributed by atoms with Crippen LogP contribution in [0.15, 0.2) is 144 Å². The third-order valence-corrected chi connectivity index (χ3v) is 7.84. The van der Waals surface area contributed by atoms with Crippen LogP contribution in [0.2, 0.25) is 0 Å². The quantitative estimate of drug-likeness (QED) is 0.0912. The van der Waals surface area contributed by atoms with Gasteiger partial charge in [-0.1, -0.05) is 72.8 Å². The van der Waals surface area contributed by atoms with Gasteiger partial charge < -0.3 is 25.4 Å². The van der Waals surface area contributed by atoms with Crippen molar-refractivity contribution in [1.82, 2.24) is 5.32 Å². The topological polar surface area (TPSA) is 106 Å². The van der Waals surface area contributed by atoms with Gasteiger partial charge in [-0.3, -0.25) is 14.4 Å². The second-order valence-corrected chi connectivity index (χ2v) is 11.3. The fraction of sp³-hybridized carbons (Fsp3) is 0.0789. The number of methoxy groups -OCH3 is 1. The lowest BCUT2D eigenvalue weighted by atomic mass is 10.1. The number of hydrogen-bond donors (Lipinski definition) is 3. The molecule has 0 saturated heterocycles. The van der Waals surface area contributed by atoms with Gasteiger partial charge in [-0.2, -0.15) is 0 Å². The number of benzene rings is 5. The zero-order valence-corrected chi connectivity index (χ0v) is 26.5. The molecule has 0 atom stereocenters. The number of carbonyl (C=O) groups is 3. The number of anilines is 2. The summed E-state index contributed by atoms with van der Waals surface area (Å²) in [4.78, 5) is 39.8. The molecule has 0 bridgehead atoms. The van der Waals surface area contributed by atoms with E-state index in [1.807, 2.05) is 84.9 Å². The molecule has 47 heavy (non-hydrogen) atoms. The van der Waals surface area contributed by atoms with Crippen molar-refractivity contribution in [1.29, 1.82) is 0 Å². The number of hydrogen-bond acceptors (Lipinski definition) is 6. The van der Waals surface area contributed by atoms with Gasteiger partial charge in [0, 0.05) is 16.1 Å². The highest BCUT2D eigenvalue weighted by Gasteiger charge is 2.15. The smallest absolute Gasteiger partial charge is 0.272 e. The van der Waals surface area contributed by atoms with Gasteiger partial charge in [0.1, 0.15) is 23.8 Å². The maximum atomic E-state index is 13.4. The number of amides is 3. The van der Waals surface area contributed by atoms with Crippen molar-refractivity contribution >= 4 is 46.9 Å². The van der Waals surface area contributed by atoms with Crippen LogP contribution in [0.5, 0.6) is 11.5 Å². The summed E-state index contributed by atoms with van der Waals surface area (Å²) >= 11 is 1.36. The molecule has 8 nitrogen and oxygen atoms in total. The molecule has 0 heterocycles. The van der Waals surface area contributed by atoms with Crippen LogP contribution >= 0.6 is 11.8 Å². The molecule has 0 radical (unpaired) electrons. The monoisotopic (exact) mass is 643 g/mol. The van der Waals surface area contributed by atoms with Crippen LogP contribution < -0.4 is 25.4 Å². The third-order valence-electron chi connectivity index (χ3n) is 6.83. The SMILES string of the molecule is COc1ccccc1NC(=O)CSc1ccc(NC(=O)/C(=C/c2ccc(OCc3ccccc3)cc2)NC(=O)c2ccccc2)cc1. The van der Waals surface area contributed by atoms with Gasteiger partial charge >= 0.3 is 0 Å². The summed E-state index contributed by atoms with van der Waals surface area (Å²) in [5.74, 6) is 0.391. The molecular formula is C38H33N3O5S. The normalized spacial score (nSPS) is 10.9. The van der Waals surface area contributed by atoms with Crippen molar-refractivity contribution in [3.05, 3.63) is 156 Å². The van der Waals surface area contributed by atoms with Crippen molar-refractivity contribution in [2.45, 2.75) is 11.5 Å². The first-order valence-corrected chi connectivity index (χ1v) is 15.8. The summed E-state index contributed by atoms with van der Waals surface area (Å²) in [6, 6.07) is 40.2. The molecule has 0 spiro atoms. The van der Waals surface area contributed by atoms with Gasteiger partial charge in [0.05, 0.1) is 18.6 Å². The molecule has 5 rings (SSSR count). The van der Waals surface area contributed by atoms with E-state index in [1.54, 1.807) is 61.7 Å². The molecule has 3 amide bonds. The Morgan fingerprint density at radius 2 is 1.38 bits per heavy atom. The van der Waals surface area contributed by atoms with Crippen LogP contribution in [0.25, 0.3) is 6.08 Å². The predicted octanol–water partition coefficient (Wildman–Crippen LogP) is 7.41. The number of para-hydroxylation sites is 2. The minimum absolute atomic E-state index is 0.0725. The van der Waals surface area contributed by atoms with Crippen LogP contribution in [-0.2, 0) is 16.2 Å². The lowest BCUT2D eigenvalue weighted by Crippen LogP contribution is -2.30. The van der Waals surface area contributed by atoms with Crippen molar-refractivity contribution in [3.8, 4) is 11.5 Å². The van der Waals surface area contributed by atoms with Crippen LogP contribution in [0, 0.1) is 0 Å². The Labute approximate surface area is 277 Å². The fourth-order valence-electron chi connectivity index (χ4n) is 4.43. The summed E-state index contributed by atoms with van der Waals surface area (Å²) in [5, 5.41) is 8.47. The Morgan fingerprint density at radius 1 is 0.723 bits per heavy atom. The Kier molecular flexibility index (Phi) is 11.4. The molecule has 5 aromatic carbocycles. The van der Waals surface area contributed by atoms with Crippen LogP contribution in [0.4, 0.5) is 11.4 Å². The molecule has 3 N–H and O–H groups in total. The van der Waals surface area contributed by atoms with Gasteiger partial charge in [0.2, 0.25) is 5.91 Å². The second-order valence-electron chi connectivity index (χ2n) is 10.2. The van der Waals surface area contributed by atoms with Crippen LogP contribution in [-0.4, -0.2) is 30.6 Å². The molecule has 0 aliphatic rings. The standard InChI is InChI=1S/C38H33N3O5S/c1-45-35-15-9-8-14-33(35)40-36(42)26-47-32-22-18-30(19-23-32)39-38(44)34(41-37(43)29-12-6-3-7-13-29)24-27-16-20-31(21-17-27)46-25-28-10-4-2-5-11-28/h2-24H,25-26H2,1H3,(H,39,44)(H,40,42)(H,41,43)/b34-24-. The van der Waals surface area contributed by atoms with Crippen LogP contribution in [0.1, 0.15) is 21.5 Å². The third kappa shape index (κ3) is 9.84. The first-order valence-electron chi connectivity index (χ1n) is 14.8. The maximum absolute atomic E-state index is 13.4. The molecule has 0 aromatic heterocycles. The van der Waals surface area contributed by atoms with E-state index >= 15 is 0 Å². The molecule has 0 aliphatic heterocycles. The van der Waals surface area contributed by atoms with E-state index in [4.69, 9.17) is 9.47 Å². The van der Waals surface area contributed by atoms with E-state index in [0.29, 0.717) is 40.6 Å². The lowest BCUT2D eigenvalue weighted by Gasteiger charge is -2.12. The molecular weight excluding hydrogens is 611 g/mol. The fourth-order valence-corrected chi connectivity index (χ4v) is 5.12. The molecule has 236 valence electrons. The zero-order valence-electron chi connectivity index (χ0n) is 25.6. The predicted molar refractivity (Wildman–Crippen MR) is 187 cm³/mol. The van der Waals surface area contributed by atoms with E-state index < -0.39 is 11.8 Å². The van der Waals surface area contributed by atoms with Gasteiger partial charge in [0.25, 0.3) is 11.8 Å². The first kappa shape index (κ1) is 32.6. The molecule has 0 fully saturated rings. The number of rotatable bonds is 13. The largest absolute Gasteiger partial charge is 0.495 e. The summed E-state index contributed by atoms with van der Waals surface area (Å²) in [7, 11) is 1.55. The van der Waals surface area contributed by atoms with E-state index in [1.165, 1.54) is 11.8 Å². The number of carbonyl (C=O) groups excluding carboxylic acids is 3. The highest BCUT2D eigenvalue weighted by atomic mass is 32.2. The number of nitrogens with one attached hydrogen (secondary N) is 3. The van der Waals surface area contributed by atoms with Crippen LogP contribution in [0.3, 0.4) is 0 Å². The van der Waals surface area contributed by atoms with Gasteiger partial charge in [0.15, 0.2) is 0 Å². The Balaban J connectivity index is 1.23. The minimum atomic E-state index is -0.490. The Hall–Kier alpha value is -5.80. The second kappa shape index (κ2) is 16.5. The van der Waals surface area contributed by atoms with Crippen molar-refractivity contribution in [2.24, 2.45) is 0 Å². The van der Waals surface area contributed by atoms with E-state index in [2.05, 4.69) is 16.0 Å². The number of ether oxygens (including phenoxy) is 2. The highest BCUT2D eigenvalue weighted by molar-refractivity contribution is 8.00. The molecule has 0 aliphatic carbocycles. The van der Waals surface area contributed by atoms with Crippen molar-refractivity contribution < 1.29 is 23.9 Å². The Bertz CT molecular complexity index is 1830. The average Bonchev–Trinajstić information content (AvgIpc) is 3.11. The lowest BCUT2D eigenvalue weighted by molar-refractivity contribution is -0.114. The van der Waals surface area contributed by atoms with Gasteiger partial charge in [-0.25, -0.2) is 0 Å². The molecule has 9 heteroatoms. The minimum Gasteiger partial charge on any atom is -0.495 e. The maximum Gasteiger partial charge on any atom is 0.272 e. The summed E-state index contributed by atoms with van der Waals surface area (Å²) in [5.41, 5.74) is 3.39. The summed E-state index contributed by atoms with van der Waals surface area (Å²) in [6.07, 6.45) is 1.61. The molecule has 0 unspecified atom stereocenters. The average molecular weight is 644 g/mol. The zero-order chi connectivity index (χ0) is 32.8. The van der Waals surface area contributed by atoms with Crippen molar-refractivity contribution in [2.75, 3.05) is 23.5 Å². The number of thioether (sulfide) groups is 1. The highest BCUT2D eigenvalue weighted by Crippen LogP contribution is 2.25. The molecule has 5 aromatic rings. The van der Waals surface area contributed by atoms with Gasteiger partial charge in [-0.15, -0.1) is 11.8 Å². The van der Waals surface area contributed by atoms with E-state index in [0.717, 1.165) is 10.5 Å². The molecule has 0 saturated carbocycles. The first-order chi connectivity index (χ1) is 23.0. The summed E-state index contributed by atoms with van der Waals surface area (Å²) in [6.45, 7) is 0.435.